The van der Waals surface area contributed by atoms with Crippen molar-refractivity contribution in [3.63, 3.8) is 0 Å². The van der Waals surface area contributed by atoms with Gasteiger partial charge in [0.2, 0.25) is 11.6 Å². The molecule has 0 unspecified atom stereocenters. The molecule has 8 nitrogen and oxygen atoms in total. The maximum absolute atomic E-state index is 12.5. The first-order valence-corrected chi connectivity index (χ1v) is 8.60. The molecule has 4 N–H and O–H groups in total. The summed E-state index contributed by atoms with van der Waals surface area (Å²) < 4.78 is 0. The highest BCUT2D eigenvalue weighted by Crippen LogP contribution is 2.28. The largest absolute Gasteiger partial charge is 0.479 e. The molecule has 0 aliphatic heterocycles. The summed E-state index contributed by atoms with van der Waals surface area (Å²) in [5.74, 6) is -8.16. The molecular weight excluding hydrogens is 392 g/mol. The molecule has 8 heteroatoms. The van der Waals surface area contributed by atoms with Crippen molar-refractivity contribution in [1.82, 2.24) is 0 Å². The smallest absolute Gasteiger partial charge is 0.348 e. The molecule has 0 aliphatic carbocycles. The Kier molecular flexibility index (Phi) is 6.78. The number of carboxylic acids is 2. The Morgan fingerprint density at radius 1 is 0.600 bits per heavy atom. The van der Waals surface area contributed by atoms with Crippen LogP contribution in [0.1, 0.15) is 11.1 Å². The van der Waals surface area contributed by atoms with Crippen LogP contribution in [-0.2, 0) is 19.2 Å². The number of rotatable bonds is 9. The SMILES string of the molecule is O=C(O)[C@@](O)(C(=O)C=Cc1ccccc1)[C@@](O)(C(=O)O)C(=O)C=Cc1ccccc1. The van der Waals surface area contributed by atoms with E-state index in [0.717, 1.165) is 12.2 Å². The molecule has 0 saturated heterocycles. The minimum absolute atomic E-state index is 0.438. The lowest BCUT2D eigenvalue weighted by Gasteiger charge is -2.33. The van der Waals surface area contributed by atoms with E-state index in [2.05, 4.69) is 0 Å². The predicted octanol–water partition coefficient (Wildman–Crippen LogP) is 1.18. The van der Waals surface area contributed by atoms with E-state index in [1.165, 1.54) is 0 Å². The minimum Gasteiger partial charge on any atom is -0.479 e. The van der Waals surface area contributed by atoms with Gasteiger partial charge in [0.25, 0.3) is 11.2 Å². The lowest BCUT2D eigenvalue weighted by molar-refractivity contribution is -0.204. The Morgan fingerprint density at radius 2 is 0.900 bits per heavy atom. The van der Waals surface area contributed by atoms with Crippen molar-refractivity contribution in [2.24, 2.45) is 0 Å². The highest BCUT2D eigenvalue weighted by molar-refractivity contribution is 6.26. The van der Waals surface area contributed by atoms with Gasteiger partial charge in [-0.1, -0.05) is 72.8 Å². The van der Waals surface area contributed by atoms with Crippen molar-refractivity contribution in [3.8, 4) is 0 Å². The molecule has 0 amide bonds. The lowest BCUT2D eigenvalue weighted by atomic mass is 9.76. The number of ketones is 2. The maximum atomic E-state index is 12.5. The van der Waals surface area contributed by atoms with Gasteiger partial charge in [-0.15, -0.1) is 0 Å². The van der Waals surface area contributed by atoms with Crippen molar-refractivity contribution in [3.05, 3.63) is 83.9 Å². The topological polar surface area (TPSA) is 149 Å². The van der Waals surface area contributed by atoms with Gasteiger partial charge in [-0.3, -0.25) is 9.59 Å². The Bertz CT molecular complexity index is 926. The van der Waals surface area contributed by atoms with Crippen LogP contribution in [0, 0.1) is 0 Å². The second kappa shape index (κ2) is 9.08. The second-order valence-electron chi connectivity index (χ2n) is 6.25. The van der Waals surface area contributed by atoms with E-state index in [1.54, 1.807) is 60.7 Å². The molecule has 0 saturated carbocycles. The molecule has 2 aromatic carbocycles. The first-order valence-electron chi connectivity index (χ1n) is 8.60. The highest BCUT2D eigenvalue weighted by atomic mass is 16.5. The molecule has 2 atom stereocenters. The van der Waals surface area contributed by atoms with Crippen LogP contribution < -0.4 is 0 Å². The van der Waals surface area contributed by atoms with Gasteiger partial charge in [0, 0.05) is 0 Å². The molecule has 0 heterocycles. The molecule has 2 rings (SSSR count). The third-order valence-corrected chi connectivity index (χ3v) is 4.31. The number of hydrogen-bond donors (Lipinski definition) is 4. The highest BCUT2D eigenvalue weighted by Gasteiger charge is 2.68. The van der Waals surface area contributed by atoms with Crippen LogP contribution in [0.2, 0.25) is 0 Å². The quantitative estimate of drug-likeness (QED) is 0.356. The van der Waals surface area contributed by atoms with Crippen LogP contribution >= 0.6 is 0 Å². The molecule has 30 heavy (non-hydrogen) atoms. The zero-order valence-electron chi connectivity index (χ0n) is 15.5. The first-order chi connectivity index (χ1) is 14.1. The lowest BCUT2D eigenvalue weighted by Crippen LogP contribution is -2.71. The van der Waals surface area contributed by atoms with E-state index < -0.39 is 34.7 Å². The van der Waals surface area contributed by atoms with Crippen LogP contribution in [0.15, 0.2) is 72.8 Å². The number of aliphatic carboxylic acids is 2. The summed E-state index contributed by atoms with van der Waals surface area (Å²) in [7, 11) is 0. The van der Waals surface area contributed by atoms with Gasteiger partial charge < -0.3 is 20.4 Å². The number of hydrogen-bond acceptors (Lipinski definition) is 6. The molecule has 0 fully saturated rings. The van der Waals surface area contributed by atoms with Gasteiger partial charge in [0.1, 0.15) is 0 Å². The third-order valence-electron chi connectivity index (χ3n) is 4.31. The van der Waals surface area contributed by atoms with Crippen molar-refractivity contribution >= 4 is 35.7 Å². The standard InChI is InChI=1S/C22H18O8/c23-17(13-11-15-7-3-1-4-8-15)21(29,19(25)26)22(30,20(27)28)18(24)14-12-16-9-5-2-6-10-16/h1-14,29-30H,(H,25,26)(H,27,28)/t21-,22-/m0/s1. The van der Waals surface area contributed by atoms with Crippen LogP contribution in [-0.4, -0.2) is 55.1 Å². The van der Waals surface area contributed by atoms with Crippen molar-refractivity contribution in [2.75, 3.05) is 0 Å². The van der Waals surface area contributed by atoms with E-state index in [0.29, 0.717) is 23.3 Å². The number of aliphatic hydroxyl groups is 2. The number of carbonyl (C=O) groups excluding carboxylic acids is 2. The summed E-state index contributed by atoms with van der Waals surface area (Å²) in [5.41, 5.74) is -7.06. The maximum Gasteiger partial charge on any atom is 0.348 e. The summed E-state index contributed by atoms with van der Waals surface area (Å²) in [4.78, 5) is 48.4. The summed E-state index contributed by atoms with van der Waals surface area (Å²) in [6, 6.07) is 16.1. The molecule has 2 aromatic rings. The molecule has 0 bridgehead atoms. The molecule has 154 valence electrons. The summed E-state index contributed by atoms with van der Waals surface area (Å²) >= 11 is 0. The molecule has 0 aliphatic rings. The van der Waals surface area contributed by atoms with Crippen molar-refractivity contribution < 1.29 is 39.6 Å². The Balaban J connectivity index is 2.47. The zero-order chi connectivity index (χ0) is 22.4. The van der Waals surface area contributed by atoms with Gasteiger partial charge in [0.15, 0.2) is 0 Å². The Morgan fingerprint density at radius 3 is 1.17 bits per heavy atom. The average Bonchev–Trinajstić information content (AvgIpc) is 2.75. The van der Waals surface area contributed by atoms with Crippen molar-refractivity contribution in [2.45, 2.75) is 11.2 Å². The fraction of sp³-hybridized carbons (Fsp3) is 0.0909. The normalized spacial score (nSPS) is 15.4. The van der Waals surface area contributed by atoms with E-state index in [9.17, 15) is 39.6 Å². The average molecular weight is 410 g/mol. The number of carboxylic acid groups (broad SMARTS) is 2. The van der Waals surface area contributed by atoms with Crippen molar-refractivity contribution in [1.29, 1.82) is 0 Å². The second-order valence-corrected chi connectivity index (χ2v) is 6.25. The van der Waals surface area contributed by atoms with Crippen LogP contribution in [0.25, 0.3) is 12.2 Å². The van der Waals surface area contributed by atoms with Gasteiger partial charge in [-0.2, -0.15) is 0 Å². The molecule has 0 spiro atoms. The van der Waals surface area contributed by atoms with E-state index >= 15 is 0 Å². The number of carbonyl (C=O) groups is 4. The fourth-order valence-electron chi connectivity index (χ4n) is 2.59. The molecular formula is C22H18O8. The third kappa shape index (κ3) is 4.24. The van der Waals surface area contributed by atoms with Gasteiger partial charge in [-0.05, 0) is 23.3 Å². The fourth-order valence-corrected chi connectivity index (χ4v) is 2.59. The summed E-state index contributed by atoms with van der Waals surface area (Å²) in [5, 5.41) is 39.8. The molecule has 0 radical (unpaired) electrons. The van der Waals surface area contributed by atoms with Crippen LogP contribution in [0.4, 0.5) is 0 Å². The van der Waals surface area contributed by atoms with E-state index in [4.69, 9.17) is 0 Å². The van der Waals surface area contributed by atoms with E-state index in [1.807, 2.05) is 0 Å². The summed E-state index contributed by atoms with van der Waals surface area (Å²) in [6.07, 6.45) is 3.41. The van der Waals surface area contributed by atoms with Crippen LogP contribution in [0.5, 0.6) is 0 Å². The van der Waals surface area contributed by atoms with Gasteiger partial charge in [0.05, 0.1) is 0 Å². The van der Waals surface area contributed by atoms with Gasteiger partial charge >= 0.3 is 11.9 Å². The minimum atomic E-state index is -3.97. The van der Waals surface area contributed by atoms with Crippen LogP contribution in [0.3, 0.4) is 0 Å². The Labute approximate surface area is 171 Å². The monoisotopic (exact) mass is 410 g/mol. The zero-order valence-corrected chi connectivity index (χ0v) is 15.5. The predicted molar refractivity (Wildman–Crippen MR) is 106 cm³/mol. The summed E-state index contributed by atoms with van der Waals surface area (Å²) in [6.45, 7) is 0. The Hall–Kier alpha value is -3.88. The van der Waals surface area contributed by atoms with E-state index in [-0.39, 0.29) is 0 Å². The first kappa shape index (κ1) is 22.4. The van der Waals surface area contributed by atoms with Gasteiger partial charge in [-0.25, -0.2) is 9.59 Å². The molecule has 0 aromatic heterocycles. The number of benzene rings is 2.